The molecule has 12 heteroatoms. The number of hydrogen-bond donors (Lipinski definition) is 4. The van der Waals surface area contributed by atoms with E-state index >= 15 is 0 Å². The maximum absolute atomic E-state index is 13.9. The standard InChI is InChI=1S/C34H40ClFN4O6/c1-19(2)16-27(31(43)39-26(17-21-12-15-37-30(21)42)28(41)32(44)38-25-10-11-25)40-33(45)46-29(20-6-8-24(36)9-7-20)34(13-14-34)22-4-3-5-23(35)18-22/h3-9,18-19,21,25-27,29H,10-17H2,1-2H3,(H,37,42)(H,38,44)(H,39,43)(H,40,45)/t21-,26-,27-,29?/m0/s1. The van der Waals surface area contributed by atoms with Crippen LogP contribution in [-0.4, -0.2) is 54.3 Å². The topological polar surface area (TPSA) is 143 Å². The molecule has 0 bridgehead atoms. The third-order valence-corrected chi connectivity index (χ3v) is 9.09. The molecule has 4 atom stereocenters. The molecule has 4 N–H and O–H groups in total. The van der Waals surface area contributed by atoms with Crippen molar-refractivity contribution in [3.8, 4) is 0 Å². The van der Waals surface area contributed by atoms with Crippen molar-refractivity contribution in [2.75, 3.05) is 6.54 Å². The number of benzene rings is 2. The Morgan fingerprint density at radius 1 is 1.02 bits per heavy atom. The zero-order chi connectivity index (χ0) is 33.0. The fourth-order valence-corrected chi connectivity index (χ4v) is 6.25. The highest BCUT2D eigenvalue weighted by atomic mass is 35.5. The number of Topliss-reactive ketones (excluding diaryl/α,β-unsaturated/α-hetero) is 1. The highest BCUT2D eigenvalue weighted by Gasteiger charge is 2.54. The van der Waals surface area contributed by atoms with Gasteiger partial charge in [-0.25, -0.2) is 9.18 Å². The second-order valence-corrected chi connectivity index (χ2v) is 13.5. The molecule has 0 spiro atoms. The molecule has 46 heavy (non-hydrogen) atoms. The molecule has 1 heterocycles. The number of hydrogen-bond acceptors (Lipinski definition) is 6. The van der Waals surface area contributed by atoms with E-state index in [1.165, 1.54) is 12.1 Å². The molecule has 4 amide bonds. The number of halogens is 2. The summed E-state index contributed by atoms with van der Waals surface area (Å²) in [6.07, 6.45) is 1.91. The van der Waals surface area contributed by atoms with Gasteiger partial charge in [-0.1, -0.05) is 49.7 Å². The summed E-state index contributed by atoms with van der Waals surface area (Å²) in [7, 11) is 0. The van der Waals surface area contributed by atoms with Gasteiger partial charge in [-0.15, -0.1) is 0 Å². The fraction of sp³-hybridized carbons (Fsp3) is 0.500. The van der Waals surface area contributed by atoms with Crippen molar-refractivity contribution in [3.05, 3.63) is 70.5 Å². The summed E-state index contributed by atoms with van der Waals surface area (Å²) in [5, 5.41) is 11.2. The first kappa shape index (κ1) is 33.4. The van der Waals surface area contributed by atoms with Gasteiger partial charge in [-0.05, 0) is 86.3 Å². The minimum absolute atomic E-state index is 0.0395. The lowest BCUT2D eigenvalue weighted by molar-refractivity contribution is -0.141. The molecule has 1 unspecified atom stereocenters. The third-order valence-electron chi connectivity index (χ3n) is 8.86. The Bertz CT molecular complexity index is 1480. The Hall–Kier alpha value is -3.99. The van der Waals surface area contributed by atoms with E-state index in [1.54, 1.807) is 18.2 Å². The summed E-state index contributed by atoms with van der Waals surface area (Å²) in [5.74, 6) is -3.57. The van der Waals surface area contributed by atoms with Crippen molar-refractivity contribution in [1.82, 2.24) is 21.3 Å². The van der Waals surface area contributed by atoms with Crippen LogP contribution in [0.4, 0.5) is 9.18 Å². The van der Waals surface area contributed by atoms with Crippen LogP contribution in [0.15, 0.2) is 48.5 Å². The summed E-state index contributed by atoms with van der Waals surface area (Å²) in [6, 6.07) is 10.6. The van der Waals surface area contributed by atoms with E-state index in [9.17, 15) is 28.4 Å². The lowest BCUT2D eigenvalue weighted by Crippen LogP contribution is -2.55. The van der Waals surface area contributed by atoms with Gasteiger partial charge in [0.2, 0.25) is 17.6 Å². The summed E-state index contributed by atoms with van der Waals surface area (Å²) < 4.78 is 19.9. The zero-order valence-electron chi connectivity index (χ0n) is 25.9. The number of amides is 4. The maximum Gasteiger partial charge on any atom is 0.408 e. The molecule has 2 aromatic rings. The van der Waals surface area contributed by atoms with Crippen LogP contribution in [0.1, 0.15) is 76.0 Å². The van der Waals surface area contributed by atoms with Gasteiger partial charge in [0.15, 0.2) is 0 Å². The first-order valence-electron chi connectivity index (χ1n) is 15.9. The third kappa shape index (κ3) is 8.23. The van der Waals surface area contributed by atoms with Gasteiger partial charge in [0.1, 0.15) is 18.0 Å². The first-order valence-corrected chi connectivity index (χ1v) is 16.2. The van der Waals surface area contributed by atoms with E-state index in [2.05, 4.69) is 21.3 Å². The van der Waals surface area contributed by atoms with Gasteiger partial charge in [0.25, 0.3) is 5.91 Å². The molecule has 2 aromatic carbocycles. The van der Waals surface area contributed by atoms with E-state index in [1.807, 2.05) is 32.0 Å². The summed E-state index contributed by atoms with van der Waals surface area (Å²) >= 11 is 6.30. The second kappa shape index (κ2) is 14.2. The van der Waals surface area contributed by atoms with Crippen LogP contribution in [0.25, 0.3) is 0 Å². The lowest BCUT2D eigenvalue weighted by atomic mass is 9.86. The van der Waals surface area contributed by atoms with Gasteiger partial charge >= 0.3 is 6.09 Å². The van der Waals surface area contributed by atoms with Crippen molar-refractivity contribution < 1.29 is 33.1 Å². The van der Waals surface area contributed by atoms with E-state index in [-0.39, 0.29) is 30.7 Å². The molecule has 5 rings (SSSR count). The molecule has 1 saturated heterocycles. The molecule has 10 nitrogen and oxygen atoms in total. The normalized spacial score (nSPS) is 20.2. The van der Waals surface area contributed by atoms with Crippen molar-refractivity contribution >= 4 is 41.2 Å². The van der Waals surface area contributed by atoms with Gasteiger partial charge < -0.3 is 26.0 Å². The largest absolute Gasteiger partial charge is 0.440 e. The van der Waals surface area contributed by atoms with Crippen LogP contribution < -0.4 is 21.3 Å². The molecule has 0 radical (unpaired) electrons. The predicted octanol–water partition coefficient (Wildman–Crippen LogP) is 4.25. The number of rotatable bonds is 14. The average molecular weight is 655 g/mol. The van der Waals surface area contributed by atoms with Gasteiger partial charge in [-0.3, -0.25) is 19.2 Å². The van der Waals surface area contributed by atoms with Crippen molar-refractivity contribution in [2.24, 2.45) is 11.8 Å². The number of ketones is 1. The number of nitrogens with one attached hydrogen (secondary N) is 4. The second-order valence-electron chi connectivity index (χ2n) is 13.0. The van der Waals surface area contributed by atoms with E-state index in [0.717, 1.165) is 18.4 Å². The SMILES string of the molecule is CC(C)C[C@H](NC(=O)OC(c1ccc(F)cc1)C1(c2cccc(Cl)c2)CC1)C(=O)N[C@@H](C[C@@H]1CCNC1=O)C(=O)C(=O)NC1CC1. The zero-order valence-corrected chi connectivity index (χ0v) is 26.7. The van der Waals surface area contributed by atoms with E-state index in [0.29, 0.717) is 36.4 Å². The van der Waals surface area contributed by atoms with Crippen molar-refractivity contribution in [2.45, 2.75) is 88.4 Å². The van der Waals surface area contributed by atoms with Crippen LogP contribution in [0.2, 0.25) is 5.02 Å². The molecular weight excluding hydrogens is 615 g/mol. The Morgan fingerprint density at radius 3 is 2.33 bits per heavy atom. The summed E-state index contributed by atoms with van der Waals surface area (Å²) in [6.45, 7) is 4.20. The minimum Gasteiger partial charge on any atom is -0.440 e. The minimum atomic E-state index is -1.25. The molecule has 3 aliphatic rings. The van der Waals surface area contributed by atoms with Crippen LogP contribution >= 0.6 is 11.6 Å². The number of ether oxygens (including phenoxy) is 1. The smallest absolute Gasteiger partial charge is 0.408 e. The molecule has 0 aromatic heterocycles. The Morgan fingerprint density at radius 2 is 1.74 bits per heavy atom. The van der Waals surface area contributed by atoms with E-state index < -0.39 is 59.0 Å². The molecular formula is C34H40ClFN4O6. The van der Waals surface area contributed by atoms with E-state index in [4.69, 9.17) is 16.3 Å². The molecule has 2 saturated carbocycles. The van der Waals surface area contributed by atoms with Gasteiger partial charge in [0.05, 0.1) is 6.04 Å². The number of alkyl carbamates (subject to hydrolysis) is 1. The fourth-order valence-electron chi connectivity index (χ4n) is 6.06. The maximum atomic E-state index is 13.9. The highest BCUT2D eigenvalue weighted by Crippen LogP contribution is 2.58. The summed E-state index contributed by atoms with van der Waals surface area (Å²) in [5.41, 5.74) is 0.867. The van der Waals surface area contributed by atoms with Crippen LogP contribution in [0.5, 0.6) is 0 Å². The molecule has 1 aliphatic heterocycles. The highest BCUT2D eigenvalue weighted by molar-refractivity contribution is 6.38. The Balaban J connectivity index is 1.34. The lowest BCUT2D eigenvalue weighted by Gasteiger charge is -2.30. The number of carbonyl (C=O) groups is 5. The Kier molecular flexibility index (Phi) is 10.3. The van der Waals surface area contributed by atoms with Crippen LogP contribution in [-0.2, 0) is 29.3 Å². The molecule has 3 fully saturated rings. The Labute approximate surface area is 272 Å². The molecule has 2 aliphatic carbocycles. The van der Waals surface area contributed by atoms with Gasteiger partial charge in [0, 0.05) is 28.9 Å². The first-order chi connectivity index (χ1) is 21.9. The number of carbonyl (C=O) groups excluding carboxylic acids is 5. The monoisotopic (exact) mass is 654 g/mol. The molecule has 246 valence electrons. The predicted molar refractivity (Wildman–Crippen MR) is 168 cm³/mol. The summed E-state index contributed by atoms with van der Waals surface area (Å²) in [4.78, 5) is 65.4. The average Bonchev–Trinajstić information content (AvgIpc) is 3.95. The van der Waals surface area contributed by atoms with Crippen LogP contribution in [0, 0.1) is 17.7 Å². The van der Waals surface area contributed by atoms with Crippen molar-refractivity contribution in [1.29, 1.82) is 0 Å². The van der Waals surface area contributed by atoms with Gasteiger partial charge in [-0.2, -0.15) is 0 Å². The quantitative estimate of drug-likeness (QED) is 0.224. The van der Waals surface area contributed by atoms with Crippen LogP contribution in [0.3, 0.4) is 0 Å². The van der Waals surface area contributed by atoms with Crippen molar-refractivity contribution in [3.63, 3.8) is 0 Å².